The second-order valence-electron chi connectivity index (χ2n) is 6.20. The van der Waals surface area contributed by atoms with Crippen molar-refractivity contribution in [2.75, 3.05) is 7.11 Å². The fraction of sp³-hybridized carbons (Fsp3) is 0.150. The molecule has 0 aliphatic heterocycles. The number of nitrogens with zero attached hydrogens (tertiary/aromatic N) is 3. The third-order valence-electron chi connectivity index (χ3n) is 4.61. The first kappa shape index (κ1) is 16.8. The molecule has 27 heavy (non-hydrogen) atoms. The highest BCUT2D eigenvalue weighted by atomic mass is 16.5. The molecule has 0 fully saturated rings. The smallest absolute Gasteiger partial charge is 0.337 e. The van der Waals surface area contributed by atoms with Gasteiger partial charge in [-0.15, -0.1) is 0 Å². The molecule has 136 valence electrons. The lowest BCUT2D eigenvalue weighted by Gasteiger charge is -2.15. The zero-order chi connectivity index (χ0) is 19.0. The van der Waals surface area contributed by atoms with Gasteiger partial charge in [-0.3, -0.25) is 9.36 Å². The Morgan fingerprint density at radius 1 is 1.07 bits per heavy atom. The Balaban J connectivity index is 2.03. The number of fused-ring (bicyclic) bond motifs is 1. The maximum absolute atomic E-state index is 13.3. The number of aromatic nitrogens is 4. The number of H-pyrrole nitrogens is 1. The second-order valence-corrected chi connectivity index (χ2v) is 6.20. The van der Waals surface area contributed by atoms with Gasteiger partial charge in [0.25, 0.3) is 5.56 Å². The van der Waals surface area contributed by atoms with Crippen molar-refractivity contribution in [2.45, 2.75) is 13.5 Å². The summed E-state index contributed by atoms with van der Waals surface area (Å²) in [5.41, 5.74) is 2.02. The lowest BCUT2D eigenvalue weighted by molar-refractivity contribution is 0.411. The van der Waals surface area contributed by atoms with Crippen LogP contribution in [0, 0.1) is 6.92 Å². The monoisotopic (exact) mass is 362 g/mol. The van der Waals surface area contributed by atoms with E-state index in [4.69, 9.17) is 4.74 Å². The van der Waals surface area contributed by atoms with Crippen molar-refractivity contribution in [2.24, 2.45) is 0 Å². The van der Waals surface area contributed by atoms with Crippen molar-refractivity contribution in [3.63, 3.8) is 0 Å². The SMILES string of the molecule is COc1cccc(-n2c(=O)n(Cc3ccccc3)c(=O)c3[nH]cnc32)c1C. The average Bonchev–Trinajstić information content (AvgIpc) is 3.17. The van der Waals surface area contributed by atoms with E-state index in [2.05, 4.69) is 9.97 Å². The van der Waals surface area contributed by atoms with Crippen LogP contribution >= 0.6 is 0 Å². The predicted molar refractivity (Wildman–Crippen MR) is 103 cm³/mol. The number of benzene rings is 2. The molecular weight excluding hydrogens is 344 g/mol. The first-order chi connectivity index (χ1) is 13.1. The highest BCUT2D eigenvalue weighted by molar-refractivity contribution is 5.72. The van der Waals surface area contributed by atoms with E-state index in [1.54, 1.807) is 13.2 Å². The molecule has 7 nitrogen and oxygen atoms in total. The lowest BCUT2D eigenvalue weighted by Crippen LogP contribution is -2.40. The summed E-state index contributed by atoms with van der Waals surface area (Å²) >= 11 is 0. The minimum Gasteiger partial charge on any atom is -0.496 e. The van der Waals surface area contributed by atoms with E-state index >= 15 is 0 Å². The Bertz CT molecular complexity index is 1240. The fourth-order valence-electron chi connectivity index (χ4n) is 3.24. The first-order valence-corrected chi connectivity index (χ1v) is 8.48. The van der Waals surface area contributed by atoms with Crippen LogP contribution in [0.5, 0.6) is 5.75 Å². The maximum Gasteiger partial charge on any atom is 0.337 e. The molecule has 0 unspecified atom stereocenters. The molecular formula is C20H18N4O3. The number of methoxy groups -OCH3 is 1. The van der Waals surface area contributed by atoms with Gasteiger partial charge in [0.2, 0.25) is 0 Å². The van der Waals surface area contributed by atoms with Crippen molar-refractivity contribution >= 4 is 11.2 Å². The molecule has 2 heterocycles. The summed E-state index contributed by atoms with van der Waals surface area (Å²) in [6, 6.07) is 14.8. The van der Waals surface area contributed by atoms with E-state index in [-0.39, 0.29) is 12.1 Å². The molecule has 2 aromatic carbocycles. The molecule has 4 rings (SSSR count). The predicted octanol–water partition coefficient (Wildman–Crippen LogP) is 2.24. The van der Waals surface area contributed by atoms with Gasteiger partial charge in [0.05, 0.1) is 25.7 Å². The van der Waals surface area contributed by atoms with Crippen molar-refractivity contribution in [1.82, 2.24) is 19.1 Å². The molecule has 0 saturated heterocycles. The van der Waals surface area contributed by atoms with Crippen LogP contribution in [0.4, 0.5) is 0 Å². The Kier molecular flexibility index (Phi) is 4.12. The van der Waals surface area contributed by atoms with Crippen LogP contribution in [0.2, 0.25) is 0 Å². The van der Waals surface area contributed by atoms with E-state index in [0.717, 1.165) is 11.1 Å². The summed E-state index contributed by atoms with van der Waals surface area (Å²) < 4.78 is 8.05. The molecule has 7 heteroatoms. The quantitative estimate of drug-likeness (QED) is 0.604. The fourth-order valence-corrected chi connectivity index (χ4v) is 3.24. The molecule has 0 atom stereocenters. The molecule has 0 radical (unpaired) electrons. The van der Waals surface area contributed by atoms with Gasteiger partial charge in [-0.2, -0.15) is 0 Å². The number of hydrogen-bond donors (Lipinski definition) is 1. The number of aromatic amines is 1. The summed E-state index contributed by atoms with van der Waals surface area (Å²) in [7, 11) is 1.58. The normalized spacial score (nSPS) is 11.0. The summed E-state index contributed by atoms with van der Waals surface area (Å²) in [6.45, 7) is 2.04. The summed E-state index contributed by atoms with van der Waals surface area (Å²) in [6.07, 6.45) is 1.42. The Hall–Kier alpha value is -3.61. The second kappa shape index (κ2) is 6.60. The van der Waals surface area contributed by atoms with E-state index in [1.165, 1.54) is 15.5 Å². The molecule has 1 N–H and O–H groups in total. The third kappa shape index (κ3) is 2.73. The topological polar surface area (TPSA) is 81.9 Å². The zero-order valence-corrected chi connectivity index (χ0v) is 15.0. The van der Waals surface area contributed by atoms with Crippen LogP contribution in [0.3, 0.4) is 0 Å². The third-order valence-corrected chi connectivity index (χ3v) is 4.61. The zero-order valence-electron chi connectivity index (χ0n) is 15.0. The van der Waals surface area contributed by atoms with Crippen molar-refractivity contribution in [3.8, 4) is 11.4 Å². The first-order valence-electron chi connectivity index (χ1n) is 8.48. The Labute approximate surface area is 154 Å². The maximum atomic E-state index is 13.3. The van der Waals surface area contributed by atoms with Crippen LogP contribution < -0.4 is 16.0 Å². The Morgan fingerprint density at radius 2 is 1.85 bits per heavy atom. The highest BCUT2D eigenvalue weighted by Gasteiger charge is 2.18. The van der Waals surface area contributed by atoms with E-state index in [9.17, 15) is 9.59 Å². The van der Waals surface area contributed by atoms with E-state index in [1.807, 2.05) is 49.4 Å². The minimum atomic E-state index is -0.445. The summed E-state index contributed by atoms with van der Waals surface area (Å²) in [4.78, 5) is 33.2. The van der Waals surface area contributed by atoms with Gasteiger partial charge < -0.3 is 9.72 Å². The highest BCUT2D eigenvalue weighted by Crippen LogP contribution is 2.24. The molecule has 0 bridgehead atoms. The molecule has 0 amide bonds. The molecule has 0 aliphatic rings. The van der Waals surface area contributed by atoms with Gasteiger partial charge in [0.15, 0.2) is 5.65 Å². The largest absolute Gasteiger partial charge is 0.496 e. The molecule has 0 aliphatic carbocycles. The summed E-state index contributed by atoms with van der Waals surface area (Å²) in [5, 5.41) is 0. The number of rotatable bonds is 4. The number of ether oxygens (including phenoxy) is 1. The molecule has 4 aromatic rings. The van der Waals surface area contributed by atoms with Crippen LogP contribution in [0.25, 0.3) is 16.9 Å². The molecule has 2 aromatic heterocycles. The van der Waals surface area contributed by atoms with Gasteiger partial charge in [0.1, 0.15) is 11.3 Å². The van der Waals surface area contributed by atoms with Gasteiger partial charge in [-0.25, -0.2) is 14.3 Å². The van der Waals surface area contributed by atoms with Crippen molar-refractivity contribution in [1.29, 1.82) is 0 Å². The average molecular weight is 362 g/mol. The van der Waals surface area contributed by atoms with E-state index in [0.29, 0.717) is 17.1 Å². The van der Waals surface area contributed by atoms with Gasteiger partial charge in [-0.1, -0.05) is 36.4 Å². The van der Waals surface area contributed by atoms with E-state index < -0.39 is 11.2 Å². The van der Waals surface area contributed by atoms with Crippen LogP contribution in [-0.2, 0) is 6.54 Å². The van der Waals surface area contributed by atoms with Crippen LogP contribution in [0.15, 0.2) is 64.4 Å². The van der Waals surface area contributed by atoms with Gasteiger partial charge in [-0.05, 0) is 24.6 Å². The van der Waals surface area contributed by atoms with Crippen molar-refractivity contribution < 1.29 is 4.74 Å². The molecule has 0 saturated carbocycles. The van der Waals surface area contributed by atoms with Crippen molar-refractivity contribution in [3.05, 3.63) is 86.8 Å². The standard InChI is InChI=1S/C20H18N4O3/c1-13-15(9-6-10-16(13)27-2)24-18-17(21-12-22-18)19(25)23(20(24)26)11-14-7-4-3-5-8-14/h3-10,12H,11H2,1-2H3,(H,21,22). The minimum absolute atomic E-state index is 0.177. The number of hydrogen-bond acceptors (Lipinski definition) is 4. The molecule has 0 spiro atoms. The van der Waals surface area contributed by atoms with Gasteiger partial charge >= 0.3 is 5.69 Å². The van der Waals surface area contributed by atoms with Crippen LogP contribution in [0.1, 0.15) is 11.1 Å². The number of imidazole rings is 1. The Morgan fingerprint density at radius 3 is 2.59 bits per heavy atom. The number of nitrogens with one attached hydrogen (secondary N) is 1. The van der Waals surface area contributed by atoms with Gasteiger partial charge in [0, 0.05) is 5.56 Å². The summed E-state index contributed by atoms with van der Waals surface area (Å²) in [5.74, 6) is 0.656. The lowest BCUT2D eigenvalue weighted by atomic mass is 10.1. The van der Waals surface area contributed by atoms with Crippen LogP contribution in [-0.4, -0.2) is 26.2 Å².